The summed E-state index contributed by atoms with van der Waals surface area (Å²) in [4.78, 5) is 30.2. The highest BCUT2D eigenvalue weighted by Gasteiger charge is 2.28. The Kier molecular flexibility index (Phi) is 7.58. The van der Waals surface area contributed by atoms with Gasteiger partial charge in [-0.3, -0.25) is 9.59 Å². The molecule has 1 heterocycles. The Morgan fingerprint density at radius 2 is 1.90 bits per heavy atom. The number of halogens is 3. The molecule has 156 valence electrons. The normalized spacial score (nSPS) is 11.1. The van der Waals surface area contributed by atoms with E-state index in [9.17, 15) is 22.8 Å². The van der Waals surface area contributed by atoms with Gasteiger partial charge in [0.2, 0.25) is 11.8 Å². The van der Waals surface area contributed by atoms with Gasteiger partial charge in [-0.25, -0.2) is 4.98 Å². The number of anilines is 1. The van der Waals surface area contributed by atoms with Crippen LogP contribution in [-0.4, -0.2) is 47.6 Å². The van der Waals surface area contributed by atoms with Gasteiger partial charge in [-0.2, -0.15) is 13.2 Å². The number of hydrogen-bond acceptors (Lipinski definition) is 4. The zero-order valence-corrected chi connectivity index (χ0v) is 16.1. The van der Waals surface area contributed by atoms with Crippen molar-refractivity contribution in [2.75, 3.05) is 25.0 Å². The highest BCUT2D eigenvalue weighted by Crippen LogP contribution is 2.18. The van der Waals surface area contributed by atoms with Crippen molar-refractivity contribution in [3.05, 3.63) is 53.7 Å². The van der Waals surface area contributed by atoms with Gasteiger partial charge >= 0.3 is 6.18 Å². The molecule has 1 aromatic carbocycles. The van der Waals surface area contributed by atoms with Crippen molar-refractivity contribution >= 4 is 17.5 Å². The summed E-state index contributed by atoms with van der Waals surface area (Å²) in [5.74, 6) is -1.03. The molecule has 9 heteroatoms. The maximum atomic E-state index is 12.7. The minimum Gasteiger partial charge on any atom is -0.468 e. The van der Waals surface area contributed by atoms with E-state index >= 15 is 0 Å². The Morgan fingerprint density at radius 3 is 2.48 bits per heavy atom. The highest BCUT2D eigenvalue weighted by molar-refractivity contribution is 5.99. The fourth-order valence-electron chi connectivity index (χ4n) is 2.53. The molecule has 0 saturated carbocycles. The second-order valence-corrected chi connectivity index (χ2v) is 6.38. The average molecular weight is 409 g/mol. The summed E-state index contributed by atoms with van der Waals surface area (Å²) in [6, 6.07) is 9.79. The van der Waals surface area contributed by atoms with E-state index in [4.69, 9.17) is 0 Å². The quantitative estimate of drug-likeness (QED) is 0.720. The van der Waals surface area contributed by atoms with E-state index < -0.39 is 18.7 Å². The molecule has 0 unspecified atom stereocenters. The number of pyridine rings is 1. The number of aryl methyl sites for hydroxylation is 1. The van der Waals surface area contributed by atoms with Gasteiger partial charge in [0.15, 0.2) is 6.61 Å². The van der Waals surface area contributed by atoms with Gasteiger partial charge in [0.25, 0.3) is 5.91 Å². The number of rotatable bonds is 8. The number of carbonyl (C=O) groups excluding carboxylic acids is 2. The number of nitrogens with zero attached hydrogens (tertiary/aromatic N) is 2. The molecule has 2 rings (SSSR count). The molecule has 0 spiro atoms. The maximum Gasteiger partial charge on any atom is 0.422 e. The summed E-state index contributed by atoms with van der Waals surface area (Å²) in [7, 11) is 0. The summed E-state index contributed by atoms with van der Waals surface area (Å²) in [6.07, 6.45) is -2.71. The van der Waals surface area contributed by atoms with Crippen molar-refractivity contribution < 1.29 is 27.5 Å². The lowest BCUT2D eigenvalue weighted by molar-refractivity contribution is -0.154. The number of benzene rings is 1. The molecule has 0 atom stereocenters. The van der Waals surface area contributed by atoms with Gasteiger partial charge < -0.3 is 15.0 Å². The fourth-order valence-corrected chi connectivity index (χ4v) is 2.53. The highest BCUT2D eigenvalue weighted by atomic mass is 19.4. The Hall–Kier alpha value is -3.10. The largest absolute Gasteiger partial charge is 0.468 e. The van der Waals surface area contributed by atoms with Crippen LogP contribution in [0.15, 0.2) is 42.6 Å². The molecule has 0 bridgehead atoms. The van der Waals surface area contributed by atoms with Crippen LogP contribution in [0, 0.1) is 6.92 Å². The van der Waals surface area contributed by atoms with Gasteiger partial charge in [-0.1, -0.05) is 25.1 Å². The first-order chi connectivity index (χ1) is 13.7. The number of nitrogens with one attached hydrogen (secondary N) is 1. The summed E-state index contributed by atoms with van der Waals surface area (Å²) < 4.78 is 41.1. The smallest absolute Gasteiger partial charge is 0.422 e. The van der Waals surface area contributed by atoms with E-state index in [2.05, 4.69) is 15.0 Å². The molecule has 0 aliphatic heterocycles. The predicted molar refractivity (Wildman–Crippen MR) is 102 cm³/mol. The maximum absolute atomic E-state index is 12.7. The van der Waals surface area contributed by atoms with Crippen LogP contribution in [-0.2, 0) is 4.79 Å². The number of aromatic nitrogens is 1. The molecule has 29 heavy (non-hydrogen) atoms. The molecule has 0 saturated heterocycles. The number of alkyl halides is 3. The Morgan fingerprint density at radius 1 is 1.17 bits per heavy atom. The van der Waals surface area contributed by atoms with Crippen LogP contribution in [0.1, 0.15) is 29.3 Å². The summed E-state index contributed by atoms with van der Waals surface area (Å²) in [5, 5.41) is 2.77. The second-order valence-electron chi connectivity index (χ2n) is 6.38. The van der Waals surface area contributed by atoms with E-state index in [0.29, 0.717) is 18.7 Å². The number of para-hydroxylation sites is 1. The topological polar surface area (TPSA) is 71.5 Å². The second kappa shape index (κ2) is 9.90. The van der Waals surface area contributed by atoms with Gasteiger partial charge in [0, 0.05) is 24.5 Å². The van der Waals surface area contributed by atoms with Crippen LogP contribution in [0.3, 0.4) is 0 Å². The molecule has 0 aliphatic carbocycles. The number of hydrogen-bond donors (Lipinski definition) is 1. The summed E-state index contributed by atoms with van der Waals surface area (Å²) in [5.41, 5.74) is 1.71. The van der Waals surface area contributed by atoms with Crippen LogP contribution in [0.4, 0.5) is 18.9 Å². The third-order valence-corrected chi connectivity index (χ3v) is 3.90. The molecule has 2 aromatic rings. The number of carbonyl (C=O) groups is 2. The predicted octanol–water partition coefficient (Wildman–Crippen LogP) is 3.82. The van der Waals surface area contributed by atoms with Crippen molar-refractivity contribution in [1.29, 1.82) is 0 Å². The first kappa shape index (κ1) is 22.2. The zero-order valence-electron chi connectivity index (χ0n) is 16.1. The summed E-state index contributed by atoms with van der Waals surface area (Å²) in [6.45, 7) is 2.44. The van der Waals surface area contributed by atoms with E-state index in [-0.39, 0.29) is 23.9 Å². The number of amides is 2. The minimum absolute atomic E-state index is 0.154. The molecular formula is C20H22F3N3O3. The lowest BCUT2D eigenvalue weighted by atomic mass is 10.2. The van der Waals surface area contributed by atoms with E-state index in [1.807, 2.05) is 26.0 Å². The Balaban J connectivity index is 2.02. The molecule has 1 N–H and O–H groups in total. The Labute approximate surface area is 166 Å². The van der Waals surface area contributed by atoms with Crippen molar-refractivity contribution in [1.82, 2.24) is 9.88 Å². The van der Waals surface area contributed by atoms with Crippen molar-refractivity contribution in [2.24, 2.45) is 0 Å². The van der Waals surface area contributed by atoms with E-state index in [0.717, 1.165) is 11.8 Å². The average Bonchev–Trinajstić information content (AvgIpc) is 2.67. The van der Waals surface area contributed by atoms with Gasteiger partial charge in [-0.15, -0.1) is 0 Å². The van der Waals surface area contributed by atoms with E-state index in [1.54, 1.807) is 12.1 Å². The van der Waals surface area contributed by atoms with Gasteiger partial charge in [0.1, 0.15) is 6.54 Å². The SMILES string of the molecule is CCCN(CC(=O)Nc1ccccc1C)C(=O)c1ccc(OCC(F)(F)F)nc1. The van der Waals surface area contributed by atoms with Crippen LogP contribution in [0.2, 0.25) is 0 Å². The van der Waals surface area contributed by atoms with Crippen LogP contribution < -0.4 is 10.1 Å². The number of ether oxygens (including phenoxy) is 1. The van der Waals surface area contributed by atoms with Crippen LogP contribution in [0.5, 0.6) is 5.88 Å². The first-order valence-corrected chi connectivity index (χ1v) is 9.00. The fraction of sp³-hybridized carbons (Fsp3) is 0.350. The standard InChI is InChI=1S/C20H22F3N3O3/c1-3-10-26(12-17(27)25-16-7-5-4-6-14(16)2)19(28)15-8-9-18(24-11-15)29-13-20(21,22)23/h4-9,11H,3,10,12-13H2,1-2H3,(H,25,27). The zero-order chi connectivity index (χ0) is 21.4. The molecule has 0 fully saturated rings. The molecular weight excluding hydrogens is 387 g/mol. The molecule has 6 nitrogen and oxygen atoms in total. The molecule has 2 amide bonds. The summed E-state index contributed by atoms with van der Waals surface area (Å²) >= 11 is 0. The van der Waals surface area contributed by atoms with E-state index in [1.165, 1.54) is 17.0 Å². The monoisotopic (exact) mass is 409 g/mol. The minimum atomic E-state index is -4.47. The van der Waals surface area contributed by atoms with Crippen molar-refractivity contribution in [2.45, 2.75) is 26.4 Å². The molecule has 0 aliphatic rings. The Bertz CT molecular complexity index is 839. The van der Waals surface area contributed by atoms with Crippen molar-refractivity contribution in [3.63, 3.8) is 0 Å². The lowest BCUT2D eigenvalue weighted by Gasteiger charge is -2.22. The van der Waals surface area contributed by atoms with Gasteiger partial charge in [0.05, 0.1) is 5.56 Å². The van der Waals surface area contributed by atoms with Crippen molar-refractivity contribution in [3.8, 4) is 5.88 Å². The van der Waals surface area contributed by atoms with Crippen LogP contribution in [0.25, 0.3) is 0 Å². The van der Waals surface area contributed by atoms with Gasteiger partial charge in [-0.05, 0) is 31.0 Å². The van der Waals surface area contributed by atoms with Crippen LogP contribution >= 0.6 is 0 Å². The molecule has 0 radical (unpaired) electrons. The third-order valence-electron chi connectivity index (χ3n) is 3.90. The third kappa shape index (κ3) is 7.10. The molecule has 1 aromatic heterocycles. The lowest BCUT2D eigenvalue weighted by Crippen LogP contribution is -2.38. The first-order valence-electron chi connectivity index (χ1n) is 9.00.